The van der Waals surface area contributed by atoms with Crippen LogP contribution in [0.3, 0.4) is 0 Å². The highest BCUT2D eigenvalue weighted by atomic mass is 35.5. The van der Waals surface area contributed by atoms with Crippen LogP contribution in [0.2, 0.25) is 10.0 Å². The molecule has 1 aliphatic carbocycles. The summed E-state index contributed by atoms with van der Waals surface area (Å²) in [5.41, 5.74) is -3.09. The predicted octanol–water partition coefficient (Wildman–Crippen LogP) is 4.92. The molecule has 0 radical (unpaired) electrons. The van der Waals surface area contributed by atoms with Gasteiger partial charge in [-0.25, -0.2) is 9.37 Å². The molecule has 0 aliphatic heterocycles. The lowest BCUT2D eigenvalue weighted by Gasteiger charge is -2.40. The Kier molecular flexibility index (Phi) is 6.54. The zero-order valence-electron chi connectivity index (χ0n) is 15.4. The fourth-order valence-electron chi connectivity index (χ4n) is 3.51. The maximum Gasteiger partial charge on any atom is 0.417 e. The summed E-state index contributed by atoms with van der Waals surface area (Å²) in [6.07, 6.45) is -2.15. The topological polar surface area (TPSA) is 75.1 Å². The SMILES string of the molecule is O=C(NC(c1cncc(Cl)c1)C1(O)CCC(F)CC1)c1nccc(C(F)(F)F)c1Cl. The number of halogens is 6. The highest BCUT2D eigenvalue weighted by molar-refractivity contribution is 6.34. The van der Waals surface area contributed by atoms with Gasteiger partial charge in [-0.1, -0.05) is 23.2 Å². The molecule has 0 bridgehead atoms. The Bertz CT molecular complexity index is 934. The Morgan fingerprint density at radius 3 is 2.53 bits per heavy atom. The van der Waals surface area contributed by atoms with Crippen LogP contribution in [0.15, 0.2) is 30.7 Å². The molecule has 162 valence electrons. The van der Waals surface area contributed by atoms with Crippen molar-refractivity contribution in [1.82, 2.24) is 15.3 Å². The molecular formula is C19H17Cl2F4N3O2. The number of carbonyl (C=O) groups is 1. The second-order valence-corrected chi connectivity index (χ2v) is 7.95. The molecule has 0 aromatic carbocycles. The molecule has 1 fully saturated rings. The Balaban J connectivity index is 1.97. The molecule has 0 spiro atoms. The summed E-state index contributed by atoms with van der Waals surface area (Å²) < 4.78 is 53.0. The average Bonchev–Trinajstić information content (AvgIpc) is 2.67. The van der Waals surface area contributed by atoms with Crippen molar-refractivity contribution >= 4 is 29.1 Å². The highest BCUT2D eigenvalue weighted by Gasteiger charge is 2.43. The van der Waals surface area contributed by atoms with Gasteiger partial charge in [-0.2, -0.15) is 13.2 Å². The molecular weight excluding hydrogens is 449 g/mol. The smallest absolute Gasteiger partial charge is 0.387 e. The first-order chi connectivity index (χ1) is 14.0. The molecule has 2 heterocycles. The van der Waals surface area contributed by atoms with E-state index in [1.165, 1.54) is 18.5 Å². The molecule has 3 rings (SSSR count). The minimum Gasteiger partial charge on any atom is -0.387 e. The van der Waals surface area contributed by atoms with E-state index >= 15 is 0 Å². The van der Waals surface area contributed by atoms with Crippen LogP contribution in [-0.2, 0) is 6.18 Å². The largest absolute Gasteiger partial charge is 0.417 e. The van der Waals surface area contributed by atoms with E-state index in [-0.39, 0.29) is 30.7 Å². The number of nitrogens with one attached hydrogen (secondary N) is 1. The number of alkyl halides is 4. The van der Waals surface area contributed by atoms with Crippen molar-refractivity contribution in [2.45, 2.75) is 49.7 Å². The molecule has 1 amide bonds. The Morgan fingerprint density at radius 1 is 1.27 bits per heavy atom. The number of amides is 1. The Morgan fingerprint density at radius 2 is 1.93 bits per heavy atom. The first-order valence-corrected chi connectivity index (χ1v) is 9.76. The maximum atomic E-state index is 13.6. The number of hydrogen-bond donors (Lipinski definition) is 2. The van der Waals surface area contributed by atoms with Gasteiger partial charge in [0.05, 0.1) is 27.3 Å². The fraction of sp³-hybridized carbons (Fsp3) is 0.421. The first-order valence-electron chi connectivity index (χ1n) is 9.01. The second-order valence-electron chi connectivity index (χ2n) is 7.14. The third-order valence-electron chi connectivity index (χ3n) is 5.06. The van der Waals surface area contributed by atoms with Gasteiger partial charge >= 0.3 is 6.18 Å². The number of aliphatic hydroxyl groups is 1. The van der Waals surface area contributed by atoms with Crippen LogP contribution in [-0.4, -0.2) is 32.8 Å². The van der Waals surface area contributed by atoms with Gasteiger partial charge in [0.15, 0.2) is 0 Å². The summed E-state index contributed by atoms with van der Waals surface area (Å²) in [6, 6.07) is 1.00. The van der Waals surface area contributed by atoms with Crippen molar-refractivity contribution in [1.29, 1.82) is 0 Å². The van der Waals surface area contributed by atoms with Crippen LogP contribution in [0, 0.1) is 0 Å². The summed E-state index contributed by atoms with van der Waals surface area (Å²) in [5, 5.41) is 13.0. The highest BCUT2D eigenvalue weighted by Crippen LogP contribution is 2.40. The number of aromatic nitrogens is 2. The zero-order chi connectivity index (χ0) is 22.1. The molecule has 5 nitrogen and oxygen atoms in total. The summed E-state index contributed by atoms with van der Waals surface area (Å²) in [5.74, 6) is -1.02. The predicted molar refractivity (Wildman–Crippen MR) is 102 cm³/mol. The molecule has 2 aromatic heterocycles. The van der Waals surface area contributed by atoms with Gasteiger partial charge in [0.1, 0.15) is 11.9 Å². The lowest BCUT2D eigenvalue weighted by Crippen LogP contribution is -2.48. The number of carbonyl (C=O) groups excluding carboxylic acids is 1. The quantitative estimate of drug-likeness (QED) is 0.628. The lowest BCUT2D eigenvalue weighted by atomic mass is 9.76. The van der Waals surface area contributed by atoms with E-state index in [2.05, 4.69) is 15.3 Å². The monoisotopic (exact) mass is 465 g/mol. The van der Waals surface area contributed by atoms with Crippen LogP contribution >= 0.6 is 23.2 Å². The van der Waals surface area contributed by atoms with E-state index in [1.807, 2.05) is 0 Å². The number of rotatable bonds is 4. The van der Waals surface area contributed by atoms with Crippen molar-refractivity contribution in [2.75, 3.05) is 0 Å². The van der Waals surface area contributed by atoms with E-state index in [0.717, 1.165) is 6.20 Å². The van der Waals surface area contributed by atoms with Crippen molar-refractivity contribution in [2.24, 2.45) is 0 Å². The minimum atomic E-state index is -4.77. The summed E-state index contributed by atoms with van der Waals surface area (Å²) >= 11 is 11.8. The van der Waals surface area contributed by atoms with Crippen molar-refractivity contribution in [3.8, 4) is 0 Å². The normalized spacial score (nSPS) is 23.1. The second kappa shape index (κ2) is 8.64. The number of hydrogen-bond acceptors (Lipinski definition) is 4. The Hall–Kier alpha value is -1.97. The van der Waals surface area contributed by atoms with Crippen LogP contribution in [0.5, 0.6) is 0 Å². The molecule has 30 heavy (non-hydrogen) atoms. The summed E-state index contributed by atoms with van der Waals surface area (Å²) in [7, 11) is 0. The van der Waals surface area contributed by atoms with E-state index in [9.17, 15) is 27.5 Å². The minimum absolute atomic E-state index is 0.0232. The first kappa shape index (κ1) is 22.7. The van der Waals surface area contributed by atoms with Crippen molar-refractivity contribution < 1.29 is 27.5 Å². The van der Waals surface area contributed by atoms with Gasteiger partial charge in [-0.15, -0.1) is 0 Å². The van der Waals surface area contributed by atoms with Gasteiger partial charge in [0.25, 0.3) is 5.91 Å². The number of nitrogens with zero attached hydrogens (tertiary/aromatic N) is 2. The average molecular weight is 466 g/mol. The number of pyridine rings is 2. The third kappa shape index (κ3) is 4.84. The standard InChI is InChI=1S/C19H17Cl2F4N3O2/c20-11-7-10(8-26-9-11)16(18(30)4-1-12(22)2-5-18)28-17(29)15-14(21)13(3-6-27-15)19(23,24)25/h3,6-9,12,16,30H,1-2,4-5H2,(H,28,29). The van der Waals surface area contributed by atoms with E-state index in [4.69, 9.17) is 23.2 Å². The van der Waals surface area contributed by atoms with Gasteiger partial charge in [0.2, 0.25) is 0 Å². The van der Waals surface area contributed by atoms with E-state index in [0.29, 0.717) is 11.6 Å². The van der Waals surface area contributed by atoms with Gasteiger partial charge < -0.3 is 10.4 Å². The van der Waals surface area contributed by atoms with E-state index in [1.54, 1.807) is 0 Å². The van der Waals surface area contributed by atoms with Crippen molar-refractivity contribution in [3.63, 3.8) is 0 Å². The van der Waals surface area contributed by atoms with Gasteiger partial charge in [0, 0.05) is 18.6 Å². The fourth-order valence-corrected chi connectivity index (χ4v) is 3.99. The Labute approximate surface area is 179 Å². The lowest BCUT2D eigenvalue weighted by molar-refractivity contribution is -0.137. The maximum absolute atomic E-state index is 13.6. The molecule has 1 aliphatic rings. The summed E-state index contributed by atoms with van der Waals surface area (Å²) in [6.45, 7) is 0. The van der Waals surface area contributed by atoms with Gasteiger partial charge in [-0.3, -0.25) is 9.78 Å². The van der Waals surface area contributed by atoms with E-state index < -0.39 is 46.2 Å². The van der Waals surface area contributed by atoms with Crippen molar-refractivity contribution in [3.05, 3.63) is 57.6 Å². The van der Waals surface area contributed by atoms with Gasteiger partial charge in [-0.05, 0) is 43.4 Å². The zero-order valence-corrected chi connectivity index (χ0v) is 16.9. The molecule has 0 saturated heterocycles. The summed E-state index contributed by atoms with van der Waals surface area (Å²) in [4.78, 5) is 20.4. The van der Waals surface area contributed by atoms with Crippen LogP contribution in [0.4, 0.5) is 17.6 Å². The molecule has 2 aromatic rings. The molecule has 11 heteroatoms. The molecule has 1 unspecified atom stereocenters. The van der Waals surface area contributed by atoms with Crippen LogP contribution in [0.25, 0.3) is 0 Å². The van der Waals surface area contributed by atoms with Crippen LogP contribution in [0.1, 0.15) is 53.3 Å². The molecule has 1 saturated carbocycles. The molecule has 2 N–H and O–H groups in total. The third-order valence-corrected chi connectivity index (χ3v) is 5.65. The molecule has 1 atom stereocenters. The van der Waals surface area contributed by atoms with Crippen LogP contribution < -0.4 is 5.32 Å².